The zero-order valence-corrected chi connectivity index (χ0v) is 18.4. The number of aliphatic imine (C=N–C) groups is 1. The molecule has 3 N–H and O–H groups in total. The van der Waals surface area contributed by atoms with Crippen LogP contribution in [0.4, 0.5) is 5.69 Å². The third-order valence-electron chi connectivity index (χ3n) is 3.95. The third kappa shape index (κ3) is 9.67. The summed E-state index contributed by atoms with van der Waals surface area (Å²) in [7, 11) is 1.77. The molecule has 0 aliphatic carbocycles. The van der Waals surface area contributed by atoms with Gasteiger partial charge in [0.25, 0.3) is 0 Å². The number of nitrogens with zero attached hydrogens (tertiary/aromatic N) is 1. The number of hydrogen-bond acceptors (Lipinski definition) is 2. The minimum atomic E-state index is 0. The van der Waals surface area contributed by atoms with Gasteiger partial charge in [-0.05, 0) is 36.5 Å². The molecule has 1 unspecified atom stereocenters. The van der Waals surface area contributed by atoms with Crippen LogP contribution >= 0.6 is 24.0 Å². The molecule has 0 bridgehead atoms. The van der Waals surface area contributed by atoms with E-state index in [1.165, 1.54) is 0 Å². The van der Waals surface area contributed by atoms with Gasteiger partial charge in [0.15, 0.2) is 5.96 Å². The lowest BCUT2D eigenvalue weighted by atomic mass is 10.1. The van der Waals surface area contributed by atoms with Crippen molar-refractivity contribution < 1.29 is 4.79 Å². The molecule has 0 aromatic heterocycles. The molecule has 1 rings (SSSR count). The van der Waals surface area contributed by atoms with Crippen molar-refractivity contribution in [1.29, 1.82) is 0 Å². The van der Waals surface area contributed by atoms with Crippen LogP contribution in [-0.4, -0.2) is 25.5 Å². The molecule has 142 valence electrons. The van der Waals surface area contributed by atoms with E-state index in [0.29, 0.717) is 12.5 Å². The van der Waals surface area contributed by atoms with E-state index in [-0.39, 0.29) is 35.8 Å². The van der Waals surface area contributed by atoms with Crippen molar-refractivity contribution >= 4 is 41.5 Å². The number of anilines is 1. The number of halogens is 1. The quantitative estimate of drug-likeness (QED) is 0.312. The van der Waals surface area contributed by atoms with Crippen molar-refractivity contribution in [2.24, 2.45) is 16.8 Å². The molecule has 0 aliphatic heterocycles. The Balaban J connectivity index is 0.00000576. The van der Waals surface area contributed by atoms with E-state index in [4.69, 9.17) is 0 Å². The summed E-state index contributed by atoms with van der Waals surface area (Å²) in [6.07, 6.45) is 1.95. The van der Waals surface area contributed by atoms with Crippen molar-refractivity contribution in [2.75, 3.05) is 18.9 Å². The monoisotopic (exact) mass is 460 g/mol. The lowest BCUT2D eigenvalue weighted by Gasteiger charge is -2.14. The van der Waals surface area contributed by atoms with Gasteiger partial charge in [0.1, 0.15) is 0 Å². The molecular formula is C19H33IN4O. The van der Waals surface area contributed by atoms with Crippen LogP contribution in [0.15, 0.2) is 29.3 Å². The molecule has 0 fully saturated rings. The molecule has 0 radical (unpaired) electrons. The molecule has 1 aromatic rings. The van der Waals surface area contributed by atoms with Gasteiger partial charge in [0, 0.05) is 31.7 Å². The number of amides is 1. The maximum atomic E-state index is 12.0. The maximum absolute atomic E-state index is 12.0. The minimum absolute atomic E-state index is 0. The van der Waals surface area contributed by atoms with Gasteiger partial charge in [-0.25, -0.2) is 0 Å². The first-order valence-corrected chi connectivity index (χ1v) is 8.80. The van der Waals surface area contributed by atoms with Gasteiger partial charge in [-0.15, -0.1) is 24.0 Å². The van der Waals surface area contributed by atoms with Crippen LogP contribution in [-0.2, 0) is 11.3 Å². The maximum Gasteiger partial charge on any atom is 0.227 e. The smallest absolute Gasteiger partial charge is 0.227 e. The van der Waals surface area contributed by atoms with Crippen LogP contribution in [0.5, 0.6) is 0 Å². The average Bonchev–Trinajstić information content (AvgIpc) is 2.57. The fraction of sp³-hybridized carbons (Fsp3) is 0.579. The van der Waals surface area contributed by atoms with Crippen molar-refractivity contribution in [1.82, 2.24) is 10.6 Å². The highest BCUT2D eigenvalue weighted by Gasteiger charge is 2.10. The molecule has 1 amide bonds. The molecule has 25 heavy (non-hydrogen) atoms. The fourth-order valence-corrected chi connectivity index (χ4v) is 2.10. The molecule has 5 nitrogen and oxygen atoms in total. The first-order valence-electron chi connectivity index (χ1n) is 8.80. The SMILES string of the molecule is CCC(C)C(=O)Nc1cccc(CNC(=NC)NCCC(C)C)c1.I. The standard InChI is InChI=1S/C19H32N4O.HI/c1-6-15(4)18(24)23-17-9-7-8-16(12-17)13-22-19(20-5)21-11-10-14(2)3;/h7-9,12,14-15H,6,10-11,13H2,1-5H3,(H,23,24)(H2,20,21,22);1H. The van der Waals surface area contributed by atoms with E-state index in [1.807, 2.05) is 38.1 Å². The van der Waals surface area contributed by atoms with Gasteiger partial charge in [-0.3, -0.25) is 9.79 Å². The summed E-state index contributed by atoms with van der Waals surface area (Å²) in [4.78, 5) is 16.2. The van der Waals surface area contributed by atoms with Crippen molar-refractivity contribution in [3.8, 4) is 0 Å². The Morgan fingerprint density at radius 2 is 1.92 bits per heavy atom. The van der Waals surface area contributed by atoms with Crippen LogP contribution in [0.2, 0.25) is 0 Å². The average molecular weight is 460 g/mol. The summed E-state index contributed by atoms with van der Waals surface area (Å²) in [6.45, 7) is 9.93. The van der Waals surface area contributed by atoms with E-state index in [0.717, 1.165) is 36.6 Å². The third-order valence-corrected chi connectivity index (χ3v) is 3.95. The second-order valence-electron chi connectivity index (χ2n) is 6.53. The Morgan fingerprint density at radius 1 is 1.20 bits per heavy atom. The number of nitrogens with one attached hydrogen (secondary N) is 3. The van der Waals surface area contributed by atoms with E-state index < -0.39 is 0 Å². The summed E-state index contributed by atoms with van der Waals surface area (Å²) in [5.41, 5.74) is 1.94. The van der Waals surface area contributed by atoms with Crippen LogP contribution in [0.1, 0.15) is 46.1 Å². The van der Waals surface area contributed by atoms with Gasteiger partial charge < -0.3 is 16.0 Å². The predicted molar refractivity (Wildman–Crippen MR) is 118 cm³/mol. The normalized spacial score (nSPS) is 12.3. The van der Waals surface area contributed by atoms with E-state index in [2.05, 4.69) is 34.8 Å². The number of carbonyl (C=O) groups is 1. The van der Waals surface area contributed by atoms with Gasteiger partial charge in [-0.1, -0.05) is 39.8 Å². The molecule has 1 atom stereocenters. The van der Waals surface area contributed by atoms with Crippen molar-refractivity contribution in [3.63, 3.8) is 0 Å². The lowest BCUT2D eigenvalue weighted by molar-refractivity contribution is -0.119. The summed E-state index contributed by atoms with van der Waals surface area (Å²) in [5, 5.41) is 9.58. The first-order chi connectivity index (χ1) is 11.5. The number of carbonyl (C=O) groups excluding carboxylic acids is 1. The molecule has 6 heteroatoms. The molecule has 0 aliphatic rings. The summed E-state index contributed by atoms with van der Waals surface area (Å²) < 4.78 is 0. The van der Waals surface area contributed by atoms with Crippen LogP contribution < -0.4 is 16.0 Å². The van der Waals surface area contributed by atoms with Gasteiger partial charge >= 0.3 is 0 Å². The summed E-state index contributed by atoms with van der Waals surface area (Å²) in [6, 6.07) is 7.90. The van der Waals surface area contributed by atoms with Crippen molar-refractivity contribution in [3.05, 3.63) is 29.8 Å². The van der Waals surface area contributed by atoms with E-state index in [9.17, 15) is 4.79 Å². The lowest BCUT2D eigenvalue weighted by Crippen LogP contribution is -2.37. The number of benzene rings is 1. The molecule has 0 saturated heterocycles. The minimum Gasteiger partial charge on any atom is -0.356 e. The molecule has 0 saturated carbocycles. The van der Waals surface area contributed by atoms with E-state index >= 15 is 0 Å². The Labute approximate surface area is 169 Å². The van der Waals surface area contributed by atoms with E-state index in [1.54, 1.807) is 7.05 Å². The zero-order valence-electron chi connectivity index (χ0n) is 16.1. The summed E-state index contributed by atoms with van der Waals surface area (Å²) >= 11 is 0. The molecule has 0 heterocycles. The Kier molecular flexibility index (Phi) is 12.3. The molecular weight excluding hydrogens is 427 g/mol. The first kappa shape index (κ1) is 23.7. The number of hydrogen-bond donors (Lipinski definition) is 3. The molecule has 1 aromatic carbocycles. The Bertz CT molecular complexity index is 546. The highest BCUT2D eigenvalue weighted by atomic mass is 127. The van der Waals surface area contributed by atoms with Crippen LogP contribution in [0.3, 0.4) is 0 Å². The van der Waals surface area contributed by atoms with Crippen molar-refractivity contribution in [2.45, 2.75) is 47.1 Å². The van der Waals surface area contributed by atoms with Gasteiger partial charge in [0.05, 0.1) is 0 Å². The zero-order chi connectivity index (χ0) is 17.9. The summed E-state index contributed by atoms with van der Waals surface area (Å²) in [5.74, 6) is 1.55. The predicted octanol–water partition coefficient (Wildman–Crippen LogP) is 4.00. The van der Waals surface area contributed by atoms with Crippen LogP contribution in [0, 0.1) is 11.8 Å². The van der Waals surface area contributed by atoms with Gasteiger partial charge in [0.2, 0.25) is 5.91 Å². The second kappa shape index (κ2) is 13.0. The van der Waals surface area contributed by atoms with Gasteiger partial charge in [-0.2, -0.15) is 0 Å². The number of rotatable bonds is 8. The second-order valence-corrected chi connectivity index (χ2v) is 6.53. The number of guanidine groups is 1. The highest BCUT2D eigenvalue weighted by molar-refractivity contribution is 14.0. The fourth-order valence-electron chi connectivity index (χ4n) is 2.10. The Hall–Kier alpha value is -1.31. The highest BCUT2D eigenvalue weighted by Crippen LogP contribution is 2.13. The topological polar surface area (TPSA) is 65.5 Å². The largest absolute Gasteiger partial charge is 0.356 e. The van der Waals surface area contributed by atoms with Crippen LogP contribution in [0.25, 0.3) is 0 Å². The Morgan fingerprint density at radius 3 is 2.52 bits per heavy atom. The molecule has 0 spiro atoms.